The maximum absolute atomic E-state index is 11.6. The van der Waals surface area contributed by atoms with Crippen LogP contribution in [0.3, 0.4) is 0 Å². The average Bonchev–Trinajstić information content (AvgIpc) is 3.23. The fraction of sp³-hybridized carbons (Fsp3) is 0.316. The molecule has 0 radical (unpaired) electrons. The molecule has 2 nitrogen and oxygen atoms in total. The molecule has 108 valence electrons. The lowest BCUT2D eigenvalue weighted by Gasteiger charge is -2.23. The van der Waals surface area contributed by atoms with E-state index in [9.17, 15) is 4.79 Å². The Kier molecular flexibility index (Phi) is 3.12. The number of amides is 1. The third kappa shape index (κ3) is 2.06. The summed E-state index contributed by atoms with van der Waals surface area (Å²) in [7, 11) is 0. The number of aryl methyl sites for hydroxylation is 1. The lowest BCUT2D eigenvalue weighted by atomic mass is 9.81. The van der Waals surface area contributed by atoms with Crippen molar-refractivity contribution in [2.24, 2.45) is 5.73 Å². The maximum Gasteiger partial charge on any atom is 0.248 e. The second kappa shape index (κ2) is 4.73. The Hall–Kier alpha value is -2.09. The molecule has 0 unspecified atom stereocenters. The van der Waals surface area contributed by atoms with Gasteiger partial charge in [-0.25, -0.2) is 0 Å². The van der Waals surface area contributed by atoms with Crippen molar-refractivity contribution in [3.8, 4) is 0 Å². The Balaban J connectivity index is 2.18. The van der Waals surface area contributed by atoms with Gasteiger partial charge in [-0.2, -0.15) is 0 Å². The molecule has 0 heterocycles. The molecule has 0 bridgehead atoms. The number of carbonyl (C=O) groups excluding carboxylic acids is 1. The largest absolute Gasteiger partial charge is 0.366 e. The first-order valence-electron chi connectivity index (χ1n) is 7.44. The van der Waals surface area contributed by atoms with Crippen molar-refractivity contribution in [1.82, 2.24) is 0 Å². The minimum absolute atomic E-state index is 0.0750. The van der Waals surface area contributed by atoms with Crippen molar-refractivity contribution >= 4 is 5.91 Å². The highest BCUT2D eigenvalue weighted by atomic mass is 16.1. The molecule has 1 aliphatic carbocycles. The third-order valence-corrected chi connectivity index (χ3v) is 4.99. The molecule has 2 aromatic carbocycles. The normalized spacial score (nSPS) is 15.8. The molecule has 0 saturated heterocycles. The van der Waals surface area contributed by atoms with Crippen LogP contribution in [0.5, 0.6) is 0 Å². The van der Waals surface area contributed by atoms with Crippen molar-refractivity contribution in [1.29, 1.82) is 0 Å². The number of hydrogen-bond donors (Lipinski definition) is 1. The van der Waals surface area contributed by atoms with E-state index in [-0.39, 0.29) is 11.3 Å². The van der Waals surface area contributed by atoms with Crippen LogP contribution in [0.25, 0.3) is 0 Å². The first kappa shape index (κ1) is 13.9. The Morgan fingerprint density at radius 2 is 1.52 bits per heavy atom. The van der Waals surface area contributed by atoms with Gasteiger partial charge >= 0.3 is 0 Å². The summed E-state index contributed by atoms with van der Waals surface area (Å²) >= 11 is 0. The number of rotatable bonds is 3. The highest BCUT2D eigenvalue weighted by molar-refractivity contribution is 5.94. The van der Waals surface area contributed by atoms with Crippen molar-refractivity contribution in [2.75, 3.05) is 0 Å². The van der Waals surface area contributed by atoms with Gasteiger partial charge in [-0.15, -0.1) is 0 Å². The van der Waals surface area contributed by atoms with Crippen LogP contribution < -0.4 is 5.73 Å². The molecule has 0 aliphatic heterocycles. The minimum atomic E-state index is -0.342. The summed E-state index contributed by atoms with van der Waals surface area (Å²) in [5.74, 6) is -0.342. The van der Waals surface area contributed by atoms with Gasteiger partial charge in [0.25, 0.3) is 0 Å². The minimum Gasteiger partial charge on any atom is -0.366 e. The van der Waals surface area contributed by atoms with Gasteiger partial charge in [-0.3, -0.25) is 4.79 Å². The predicted molar refractivity (Wildman–Crippen MR) is 85.6 cm³/mol. The fourth-order valence-electron chi connectivity index (χ4n) is 3.50. The van der Waals surface area contributed by atoms with Crippen molar-refractivity contribution in [3.63, 3.8) is 0 Å². The molecule has 0 aromatic heterocycles. The molecule has 2 N–H and O–H groups in total. The summed E-state index contributed by atoms with van der Waals surface area (Å²) in [5.41, 5.74) is 12.6. The van der Waals surface area contributed by atoms with Gasteiger partial charge in [0.05, 0.1) is 0 Å². The number of hydrogen-bond acceptors (Lipinski definition) is 1. The summed E-state index contributed by atoms with van der Waals surface area (Å²) in [6.07, 6.45) is 2.28. The van der Waals surface area contributed by atoms with E-state index < -0.39 is 0 Å². The van der Waals surface area contributed by atoms with Crippen LogP contribution in [0.15, 0.2) is 36.4 Å². The van der Waals surface area contributed by atoms with Gasteiger partial charge in [0.1, 0.15) is 0 Å². The van der Waals surface area contributed by atoms with Crippen LogP contribution in [0.1, 0.15) is 51.0 Å². The molecule has 0 atom stereocenters. The first-order chi connectivity index (χ1) is 9.97. The Morgan fingerprint density at radius 1 is 0.952 bits per heavy atom. The smallest absolute Gasteiger partial charge is 0.248 e. The average molecular weight is 279 g/mol. The molecule has 2 heteroatoms. The second-order valence-electron chi connectivity index (χ2n) is 6.17. The molecule has 2 aromatic rings. The van der Waals surface area contributed by atoms with E-state index in [1.807, 2.05) is 19.1 Å². The predicted octanol–water partition coefficient (Wildman–Crippen LogP) is 3.79. The van der Waals surface area contributed by atoms with E-state index >= 15 is 0 Å². The van der Waals surface area contributed by atoms with Crippen molar-refractivity contribution < 1.29 is 4.79 Å². The van der Waals surface area contributed by atoms with Gasteiger partial charge in [0, 0.05) is 11.0 Å². The molecule has 0 spiro atoms. The fourth-order valence-corrected chi connectivity index (χ4v) is 3.50. The van der Waals surface area contributed by atoms with Crippen LogP contribution in [0, 0.1) is 20.8 Å². The molecule has 1 aliphatic rings. The van der Waals surface area contributed by atoms with E-state index in [4.69, 9.17) is 5.73 Å². The van der Waals surface area contributed by atoms with Gasteiger partial charge in [-0.05, 0) is 67.5 Å². The monoisotopic (exact) mass is 279 g/mol. The zero-order chi connectivity index (χ0) is 15.2. The Bertz CT molecular complexity index is 726. The Morgan fingerprint density at radius 3 is 2.10 bits per heavy atom. The number of carbonyl (C=O) groups is 1. The molecule has 1 saturated carbocycles. The summed E-state index contributed by atoms with van der Waals surface area (Å²) in [6.45, 7) is 6.36. The number of nitrogens with two attached hydrogens (primary N) is 1. The van der Waals surface area contributed by atoms with E-state index in [1.165, 1.54) is 22.3 Å². The van der Waals surface area contributed by atoms with Gasteiger partial charge in [-0.1, -0.05) is 30.3 Å². The topological polar surface area (TPSA) is 43.1 Å². The SMILES string of the molecule is Cc1cccc(C2(c3cccc(C(N)=O)c3C)CC2)c1C. The Labute approximate surface area is 126 Å². The maximum atomic E-state index is 11.6. The van der Waals surface area contributed by atoms with Crippen molar-refractivity contribution in [3.05, 3.63) is 69.8 Å². The first-order valence-corrected chi connectivity index (χ1v) is 7.44. The van der Waals surface area contributed by atoms with E-state index in [0.717, 1.165) is 18.4 Å². The van der Waals surface area contributed by atoms with Crippen molar-refractivity contribution in [2.45, 2.75) is 39.0 Å². The van der Waals surface area contributed by atoms with Crippen LogP contribution in [-0.4, -0.2) is 5.91 Å². The van der Waals surface area contributed by atoms with Crippen LogP contribution >= 0.6 is 0 Å². The molecule has 3 rings (SSSR count). The second-order valence-corrected chi connectivity index (χ2v) is 6.17. The van der Waals surface area contributed by atoms with E-state index in [2.05, 4.69) is 38.1 Å². The highest BCUT2D eigenvalue weighted by Crippen LogP contribution is 2.55. The van der Waals surface area contributed by atoms with Crippen LogP contribution in [0.4, 0.5) is 0 Å². The highest BCUT2D eigenvalue weighted by Gasteiger charge is 2.47. The zero-order valence-electron chi connectivity index (χ0n) is 12.9. The molecular weight excluding hydrogens is 258 g/mol. The van der Waals surface area contributed by atoms with E-state index in [1.54, 1.807) is 0 Å². The van der Waals surface area contributed by atoms with Gasteiger partial charge in [0.15, 0.2) is 0 Å². The molecule has 1 fully saturated rings. The summed E-state index contributed by atoms with van der Waals surface area (Å²) in [5, 5.41) is 0. The summed E-state index contributed by atoms with van der Waals surface area (Å²) in [4.78, 5) is 11.6. The summed E-state index contributed by atoms with van der Waals surface area (Å²) in [6, 6.07) is 12.4. The van der Waals surface area contributed by atoms with E-state index in [0.29, 0.717) is 5.56 Å². The lowest BCUT2D eigenvalue weighted by molar-refractivity contribution is 0.0999. The lowest BCUT2D eigenvalue weighted by Crippen LogP contribution is -2.18. The molecule has 1 amide bonds. The van der Waals surface area contributed by atoms with Gasteiger partial charge < -0.3 is 5.73 Å². The number of primary amides is 1. The number of benzene rings is 2. The molecular formula is C19H21NO. The summed E-state index contributed by atoms with van der Waals surface area (Å²) < 4.78 is 0. The van der Waals surface area contributed by atoms with Crippen LogP contribution in [-0.2, 0) is 5.41 Å². The quantitative estimate of drug-likeness (QED) is 0.912. The zero-order valence-corrected chi connectivity index (χ0v) is 12.9. The molecule has 21 heavy (non-hydrogen) atoms. The third-order valence-electron chi connectivity index (χ3n) is 4.99. The standard InChI is InChI=1S/C19H21NO/c1-12-6-4-8-16(13(12)2)19(10-11-19)17-9-5-7-15(14(17)3)18(20)21/h4-9H,10-11H2,1-3H3,(H2,20,21). The van der Waals surface area contributed by atoms with Gasteiger partial charge in [0.2, 0.25) is 5.91 Å². The van der Waals surface area contributed by atoms with Crippen LogP contribution in [0.2, 0.25) is 0 Å².